The molecule has 1 aliphatic carbocycles. The van der Waals surface area contributed by atoms with Gasteiger partial charge in [-0.1, -0.05) is 0 Å². The SMILES string of the molecule is CC1=BC2=C([B]1)CCCC(C)(C(C)C)CCC2. The summed E-state index contributed by atoms with van der Waals surface area (Å²) in [5.41, 5.74) is 3.84. The van der Waals surface area contributed by atoms with E-state index in [4.69, 9.17) is 0 Å². The summed E-state index contributed by atoms with van der Waals surface area (Å²) < 4.78 is 0. The summed E-state index contributed by atoms with van der Waals surface area (Å²) in [7, 11) is 2.41. The van der Waals surface area contributed by atoms with Crippen LogP contribution >= 0.6 is 0 Å². The van der Waals surface area contributed by atoms with Crippen LogP contribution in [0.2, 0.25) is 0 Å². The molecule has 1 unspecified atom stereocenters. The van der Waals surface area contributed by atoms with Gasteiger partial charge in [0.2, 0.25) is 0 Å². The Balaban J connectivity index is 2.05. The van der Waals surface area contributed by atoms with E-state index in [2.05, 4.69) is 41.9 Å². The fourth-order valence-electron chi connectivity index (χ4n) is 3.31. The molecule has 0 fully saturated rings. The van der Waals surface area contributed by atoms with E-state index in [9.17, 15) is 0 Å². The average Bonchev–Trinajstić information content (AvgIpc) is 2.60. The molecule has 0 aromatic heterocycles. The zero-order valence-corrected chi connectivity index (χ0v) is 12.0. The molecule has 1 heterocycles. The maximum absolute atomic E-state index is 2.50. The van der Waals surface area contributed by atoms with E-state index in [-0.39, 0.29) is 0 Å². The van der Waals surface area contributed by atoms with Crippen molar-refractivity contribution in [3.05, 3.63) is 10.9 Å². The molecule has 0 nitrogen and oxygen atoms in total. The minimum atomic E-state index is 0.568. The van der Waals surface area contributed by atoms with Gasteiger partial charge in [0.15, 0.2) is 0 Å². The van der Waals surface area contributed by atoms with Crippen molar-refractivity contribution >= 4 is 19.6 Å². The predicted octanol–water partition coefficient (Wildman–Crippen LogP) is 3.79. The molecule has 0 amide bonds. The van der Waals surface area contributed by atoms with Gasteiger partial charge < -0.3 is 0 Å². The molecule has 0 spiro atoms. The zero-order valence-electron chi connectivity index (χ0n) is 12.0. The third kappa shape index (κ3) is 2.95. The van der Waals surface area contributed by atoms with Gasteiger partial charge in [0.1, 0.15) is 0 Å². The second-order valence-corrected chi connectivity index (χ2v) is 6.60. The third-order valence-electron chi connectivity index (χ3n) is 5.00. The quantitative estimate of drug-likeness (QED) is 0.598. The van der Waals surface area contributed by atoms with Crippen LogP contribution in [0, 0.1) is 11.3 Å². The van der Waals surface area contributed by atoms with E-state index in [0.29, 0.717) is 5.41 Å². The van der Waals surface area contributed by atoms with Crippen LogP contribution in [0.3, 0.4) is 0 Å². The summed E-state index contributed by atoms with van der Waals surface area (Å²) in [4.78, 5) is 0. The molecular weight excluding hydrogens is 202 g/mol. The summed E-state index contributed by atoms with van der Waals surface area (Å²) in [5, 5.41) is 1.46. The second kappa shape index (κ2) is 5.16. The van der Waals surface area contributed by atoms with Crippen molar-refractivity contribution < 1.29 is 0 Å². The molecule has 0 aromatic carbocycles. The minimum absolute atomic E-state index is 0.568. The van der Waals surface area contributed by atoms with Gasteiger partial charge in [-0.15, -0.1) is 0 Å². The third-order valence-corrected chi connectivity index (χ3v) is 5.00. The van der Waals surface area contributed by atoms with E-state index < -0.39 is 0 Å². The molecule has 1 radical (unpaired) electrons. The Hall–Kier alpha value is -0.260. The van der Waals surface area contributed by atoms with Crippen LogP contribution in [0.25, 0.3) is 0 Å². The van der Waals surface area contributed by atoms with E-state index in [1.54, 1.807) is 10.9 Å². The van der Waals surface area contributed by atoms with E-state index in [0.717, 1.165) is 5.92 Å². The zero-order chi connectivity index (χ0) is 12.5. The van der Waals surface area contributed by atoms with Gasteiger partial charge in [-0.25, -0.2) is 0 Å². The first kappa shape index (κ1) is 13.2. The Morgan fingerprint density at radius 1 is 1.06 bits per heavy atom. The Kier molecular flexibility index (Phi) is 4.00. The molecule has 91 valence electrons. The van der Waals surface area contributed by atoms with Crippen molar-refractivity contribution in [2.45, 2.75) is 66.2 Å². The second-order valence-electron chi connectivity index (χ2n) is 6.60. The molecule has 0 N–H and O–H groups in total. The number of rotatable bonds is 1. The van der Waals surface area contributed by atoms with Gasteiger partial charge in [-0.05, 0) is 0 Å². The molecule has 0 aromatic rings. The Labute approximate surface area is 108 Å². The van der Waals surface area contributed by atoms with Crippen LogP contribution < -0.4 is 0 Å². The van der Waals surface area contributed by atoms with E-state index >= 15 is 0 Å². The molecule has 2 heteroatoms. The van der Waals surface area contributed by atoms with Crippen LogP contribution in [0.1, 0.15) is 66.2 Å². The summed E-state index contributed by atoms with van der Waals surface area (Å²) in [5.74, 6) is 0.816. The summed E-state index contributed by atoms with van der Waals surface area (Å²) >= 11 is 0. The van der Waals surface area contributed by atoms with Crippen molar-refractivity contribution in [1.29, 1.82) is 0 Å². The van der Waals surface area contributed by atoms with E-state index in [1.807, 2.05) is 0 Å². The molecule has 1 aliphatic heterocycles. The molecule has 2 rings (SSSR count). The monoisotopic (exact) mass is 227 g/mol. The Morgan fingerprint density at radius 2 is 1.65 bits per heavy atom. The van der Waals surface area contributed by atoms with Crippen LogP contribution in [0.4, 0.5) is 0 Å². The van der Waals surface area contributed by atoms with E-state index in [1.165, 1.54) is 43.9 Å². The fraction of sp³-hybridized carbons (Fsp3) is 0.800. The number of hydrogen-bond acceptors (Lipinski definition) is 0. The first-order valence-corrected chi connectivity index (χ1v) is 7.26. The van der Waals surface area contributed by atoms with Crippen LogP contribution in [0.15, 0.2) is 10.9 Å². The first-order valence-electron chi connectivity index (χ1n) is 7.26. The predicted molar refractivity (Wildman–Crippen MR) is 79.9 cm³/mol. The van der Waals surface area contributed by atoms with Gasteiger partial charge in [0.25, 0.3) is 0 Å². The molecule has 1 atom stereocenters. The fourth-order valence-corrected chi connectivity index (χ4v) is 3.31. The molecule has 2 aliphatic rings. The average molecular weight is 227 g/mol. The Morgan fingerprint density at radius 3 is 2.24 bits per heavy atom. The van der Waals surface area contributed by atoms with Crippen molar-refractivity contribution in [2.24, 2.45) is 11.3 Å². The summed E-state index contributed by atoms with van der Waals surface area (Å²) in [6, 6.07) is 0. The van der Waals surface area contributed by atoms with Crippen LogP contribution in [0.5, 0.6) is 0 Å². The molecule has 17 heavy (non-hydrogen) atoms. The standard InChI is InChI=1S/C15H25B2/c1-11(2)15(4)9-5-7-13-14(8-6-10-15)17-12(3)16-13/h11H,5-10H2,1-4H3. The first-order chi connectivity index (χ1) is 8.01. The van der Waals surface area contributed by atoms with Crippen molar-refractivity contribution in [1.82, 2.24) is 0 Å². The van der Waals surface area contributed by atoms with Gasteiger partial charge >= 0.3 is 108 Å². The Bertz CT molecular complexity index is 352. The van der Waals surface area contributed by atoms with Crippen LogP contribution in [-0.4, -0.2) is 19.6 Å². The van der Waals surface area contributed by atoms with Crippen LogP contribution in [-0.2, 0) is 0 Å². The normalized spacial score (nSPS) is 29.8. The van der Waals surface area contributed by atoms with Gasteiger partial charge in [-0.2, -0.15) is 0 Å². The molecule has 0 bridgehead atoms. The number of allylic oxidation sites excluding steroid dienone is 2. The van der Waals surface area contributed by atoms with Gasteiger partial charge in [-0.3, -0.25) is 0 Å². The molecule has 0 saturated carbocycles. The molecule has 0 saturated heterocycles. The maximum atomic E-state index is 2.50. The van der Waals surface area contributed by atoms with Gasteiger partial charge in [0.05, 0.1) is 0 Å². The number of hydrogen-bond donors (Lipinski definition) is 0. The van der Waals surface area contributed by atoms with Crippen molar-refractivity contribution in [2.75, 3.05) is 0 Å². The molecular formula is C15H25B2. The summed E-state index contributed by atoms with van der Waals surface area (Å²) in [6.45, 7) is 11.9. The van der Waals surface area contributed by atoms with Crippen molar-refractivity contribution in [3.63, 3.8) is 0 Å². The van der Waals surface area contributed by atoms with Crippen molar-refractivity contribution in [3.8, 4) is 0 Å². The summed E-state index contributed by atoms with van der Waals surface area (Å²) in [6.07, 6.45) is 8.12. The topological polar surface area (TPSA) is 0 Å². The van der Waals surface area contributed by atoms with Gasteiger partial charge in [0, 0.05) is 0 Å².